The molecule has 0 unspecified atom stereocenters. The van der Waals surface area contributed by atoms with Gasteiger partial charge in [-0.2, -0.15) is 0 Å². The number of anilines is 1. The van der Waals surface area contributed by atoms with Crippen molar-refractivity contribution in [3.8, 4) is 0 Å². The summed E-state index contributed by atoms with van der Waals surface area (Å²) in [6, 6.07) is 6.69. The fourth-order valence-electron chi connectivity index (χ4n) is 3.23. The molecule has 0 N–H and O–H groups in total. The average Bonchev–Trinajstić information content (AvgIpc) is 2.58. The summed E-state index contributed by atoms with van der Waals surface area (Å²) >= 11 is 5.56. The molecule has 0 radical (unpaired) electrons. The Kier molecular flexibility index (Phi) is 5.41. The number of benzene rings is 1. The van der Waals surface area contributed by atoms with Gasteiger partial charge in [0, 0.05) is 51.5 Å². The number of ether oxygens (including phenoxy) is 1. The first-order chi connectivity index (χ1) is 11.1. The highest BCUT2D eigenvalue weighted by atomic mass is 35.5. The first-order valence-corrected chi connectivity index (χ1v) is 8.60. The number of aryl methyl sites for hydroxylation is 1. The number of hydrogen-bond acceptors (Lipinski definition) is 4. The molecule has 5 nitrogen and oxygen atoms in total. The monoisotopic (exact) mass is 337 g/mol. The highest BCUT2D eigenvalue weighted by Crippen LogP contribution is 2.25. The summed E-state index contributed by atoms with van der Waals surface area (Å²) in [6.07, 6.45) is 0. The van der Waals surface area contributed by atoms with Crippen LogP contribution in [0.3, 0.4) is 0 Å². The number of hydrogen-bond donors (Lipinski definition) is 0. The predicted molar refractivity (Wildman–Crippen MR) is 92.3 cm³/mol. The first-order valence-electron chi connectivity index (χ1n) is 8.22. The van der Waals surface area contributed by atoms with Crippen LogP contribution in [0.15, 0.2) is 18.2 Å². The number of nitrogens with zero attached hydrogens (tertiary/aromatic N) is 3. The molecule has 0 aromatic heterocycles. The molecule has 1 aromatic carbocycles. The lowest BCUT2D eigenvalue weighted by Crippen LogP contribution is -2.47. The van der Waals surface area contributed by atoms with Crippen molar-refractivity contribution < 1.29 is 9.53 Å². The van der Waals surface area contributed by atoms with Gasteiger partial charge < -0.3 is 14.5 Å². The number of morpholine rings is 1. The van der Waals surface area contributed by atoms with Crippen LogP contribution < -0.4 is 4.90 Å². The summed E-state index contributed by atoms with van der Waals surface area (Å²) in [5, 5.41) is -0.339. The lowest BCUT2D eigenvalue weighted by molar-refractivity contribution is 0.122. The topological polar surface area (TPSA) is 36.0 Å². The number of carbonyl (C=O) groups excluding carboxylic acids is 1. The van der Waals surface area contributed by atoms with Crippen molar-refractivity contribution in [3.05, 3.63) is 29.3 Å². The van der Waals surface area contributed by atoms with Crippen molar-refractivity contribution in [2.24, 2.45) is 0 Å². The maximum atomic E-state index is 11.2. The van der Waals surface area contributed by atoms with Gasteiger partial charge >= 0.3 is 5.37 Å². The maximum Gasteiger partial charge on any atom is 0.316 e. The minimum absolute atomic E-state index is 0.339. The number of halogens is 1. The van der Waals surface area contributed by atoms with E-state index in [1.807, 2.05) is 0 Å². The van der Waals surface area contributed by atoms with Gasteiger partial charge in [-0.05, 0) is 35.7 Å². The quantitative estimate of drug-likeness (QED) is 0.626. The highest BCUT2D eigenvalue weighted by Gasteiger charge is 2.22. The van der Waals surface area contributed by atoms with Gasteiger partial charge in [0.2, 0.25) is 0 Å². The second-order valence-corrected chi connectivity index (χ2v) is 6.57. The molecule has 2 saturated heterocycles. The summed E-state index contributed by atoms with van der Waals surface area (Å²) < 4.78 is 5.47. The van der Waals surface area contributed by atoms with Crippen molar-refractivity contribution >= 4 is 22.7 Å². The van der Waals surface area contributed by atoms with Gasteiger partial charge in [-0.15, -0.1) is 0 Å². The first kappa shape index (κ1) is 16.6. The Bertz CT molecular complexity index is 553. The summed E-state index contributed by atoms with van der Waals surface area (Å²) in [4.78, 5) is 17.7. The van der Waals surface area contributed by atoms with Crippen LogP contribution in [0.5, 0.6) is 0 Å². The molecule has 2 aliphatic heterocycles. The summed E-state index contributed by atoms with van der Waals surface area (Å²) in [5.74, 6) is 0. The molecule has 2 fully saturated rings. The van der Waals surface area contributed by atoms with E-state index in [4.69, 9.17) is 16.3 Å². The Morgan fingerprint density at radius 1 is 1.13 bits per heavy atom. The van der Waals surface area contributed by atoms with Gasteiger partial charge in [0.05, 0.1) is 13.2 Å². The van der Waals surface area contributed by atoms with Crippen LogP contribution in [0.1, 0.15) is 11.1 Å². The SMILES string of the molecule is Cc1ccc(CN2CCN(C(=O)Cl)CC2)c(N2CCOCC2)c1. The van der Waals surface area contributed by atoms with E-state index in [1.165, 1.54) is 16.8 Å². The zero-order valence-electron chi connectivity index (χ0n) is 13.6. The normalized spacial score (nSPS) is 19.9. The molecule has 0 aliphatic carbocycles. The molecule has 126 valence electrons. The van der Waals surface area contributed by atoms with Crippen LogP contribution in [0.4, 0.5) is 10.5 Å². The third-order valence-electron chi connectivity index (χ3n) is 4.61. The molecule has 0 saturated carbocycles. The van der Waals surface area contributed by atoms with Crippen molar-refractivity contribution in [2.75, 3.05) is 57.4 Å². The third-order valence-corrected chi connectivity index (χ3v) is 4.85. The van der Waals surface area contributed by atoms with Crippen molar-refractivity contribution in [1.82, 2.24) is 9.80 Å². The molecule has 6 heteroatoms. The summed E-state index contributed by atoms with van der Waals surface area (Å²) in [6.45, 7) is 9.70. The molecular formula is C17H24ClN3O2. The summed E-state index contributed by atoms with van der Waals surface area (Å²) in [5.41, 5.74) is 3.96. The Morgan fingerprint density at radius 3 is 2.48 bits per heavy atom. The Hall–Kier alpha value is -1.30. The van der Waals surface area contributed by atoms with Gasteiger partial charge in [0.1, 0.15) is 0 Å². The van der Waals surface area contributed by atoms with Crippen LogP contribution in [-0.4, -0.2) is 67.6 Å². The van der Waals surface area contributed by atoms with Gasteiger partial charge in [-0.1, -0.05) is 12.1 Å². The lowest BCUT2D eigenvalue weighted by atomic mass is 10.1. The van der Waals surface area contributed by atoms with E-state index >= 15 is 0 Å². The van der Waals surface area contributed by atoms with E-state index in [9.17, 15) is 4.79 Å². The van der Waals surface area contributed by atoms with Crippen molar-refractivity contribution in [3.63, 3.8) is 0 Å². The van der Waals surface area contributed by atoms with Crippen LogP contribution in [-0.2, 0) is 11.3 Å². The fourth-order valence-corrected chi connectivity index (χ4v) is 3.40. The van der Waals surface area contributed by atoms with Gasteiger partial charge in [0.25, 0.3) is 0 Å². The number of rotatable bonds is 3. The molecule has 23 heavy (non-hydrogen) atoms. The Morgan fingerprint density at radius 2 is 1.83 bits per heavy atom. The van der Waals surface area contributed by atoms with Crippen LogP contribution >= 0.6 is 11.6 Å². The van der Waals surface area contributed by atoms with Crippen LogP contribution in [0.2, 0.25) is 0 Å². The van der Waals surface area contributed by atoms with E-state index in [0.717, 1.165) is 45.9 Å². The van der Waals surface area contributed by atoms with E-state index < -0.39 is 0 Å². The number of carbonyl (C=O) groups is 1. The molecule has 1 aromatic rings. The average molecular weight is 338 g/mol. The fraction of sp³-hybridized carbons (Fsp3) is 0.588. The van der Waals surface area contributed by atoms with E-state index in [0.29, 0.717) is 13.1 Å². The smallest absolute Gasteiger partial charge is 0.316 e. The number of piperazine rings is 1. The van der Waals surface area contributed by atoms with Crippen molar-refractivity contribution in [1.29, 1.82) is 0 Å². The molecule has 0 bridgehead atoms. The zero-order valence-corrected chi connectivity index (χ0v) is 14.4. The van der Waals surface area contributed by atoms with Gasteiger partial charge in [-0.3, -0.25) is 9.69 Å². The van der Waals surface area contributed by atoms with Crippen molar-refractivity contribution in [2.45, 2.75) is 13.5 Å². The molecule has 0 spiro atoms. The maximum absolute atomic E-state index is 11.2. The molecule has 2 heterocycles. The van der Waals surface area contributed by atoms with Crippen LogP contribution in [0.25, 0.3) is 0 Å². The molecule has 2 aliphatic rings. The third kappa shape index (κ3) is 4.16. The Labute approximate surface area is 142 Å². The molecule has 3 rings (SSSR count). The molecule has 0 atom stereocenters. The number of amides is 1. The highest BCUT2D eigenvalue weighted by molar-refractivity contribution is 6.62. The Balaban J connectivity index is 1.69. The summed E-state index contributed by atoms with van der Waals surface area (Å²) in [7, 11) is 0. The standard InChI is InChI=1S/C17H24ClN3O2/c1-14-2-3-15(16(12-14)20-8-10-23-11-9-20)13-19-4-6-21(7-5-19)17(18)22/h2-3,12H,4-11,13H2,1H3. The largest absolute Gasteiger partial charge is 0.378 e. The van der Waals surface area contributed by atoms with E-state index in [2.05, 4.69) is 34.9 Å². The lowest BCUT2D eigenvalue weighted by Gasteiger charge is -2.35. The minimum Gasteiger partial charge on any atom is -0.378 e. The molecule has 1 amide bonds. The zero-order chi connectivity index (χ0) is 16.2. The predicted octanol–water partition coefficient (Wildman–Crippen LogP) is 2.31. The van der Waals surface area contributed by atoms with E-state index in [1.54, 1.807) is 4.90 Å². The minimum atomic E-state index is -0.339. The second kappa shape index (κ2) is 7.51. The second-order valence-electron chi connectivity index (χ2n) is 6.25. The van der Waals surface area contributed by atoms with Gasteiger partial charge in [-0.25, -0.2) is 0 Å². The molecular weight excluding hydrogens is 314 g/mol. The van der Waals surface area contributed by atoms with E-state index in [-0.39, 0.29) is 5.37 Å². The van der Waals surface area contributed by atoms with Gasteiger partial charge in [0.15, 0.2) is 0 Å². The van der Waals surface area contributed by atoms with Crippen LogP contribution in [0, 0.1) is 6.92 Å².